The Morgan fingerprint density at radius 1 is 0.767 bits per heavy atom. The van der Waals surface area contributed by atoms with Gasteiger partial charge in [-0.25, -0.2) is 5.43 Å². The summed E-state index contributed by atoms with van der Waals surface area (Å²) in [6.07, 6.45) is 3.19. The lowest BCUT2D eigenvalue weighted by atomic mass is 9.86. The average molecular weight is 396 g/mol. The van der Waals surface area contributed by atoms with E-state index in [9.17, 15) is 4.79 Å². The van der Waals surface area contributed by atoms with Crippen LogP contribution in [0.1, 0.15) is 22.6 Å². The number of nitrogens with zero attached hydrogens (tertiary/aromatic N) is 1. The first-order valence-corrected chi connectivity index (χ1v) is 10.5. The maximum Gasteiger partial charge on any atom is 0.264 e. The number of hydrogen-bond donors (Lipinski definition) is 2. The van der Waals surface area contributed by atoms with Crippen molar-refractivity contribution in [3.05, 3.63) is 119 Å². The number of carbonyl (C=O) groups excluding carboxylic acids is 1. The standard InChI is InChI=1S/C26H25N3O/c30-24-18-22(16-19-10-4-1-5-11-19)27-26-25(21-14-8-3-9-15-21)23(28-29(24)26)17-20-12-6-2-7-13-20/h1-15,18,23,25-28H,16-17H2. The van der Waals surface area contributed by atoms with E-state index in [2.05, 4.69) is 71.4 Å². The normalized spacial score (nSPS) is 22.9. The van der Waals surface area contributed by atoms with Gasteiger partial charge in [-0.15, -0.1) is 0 Å². The van der Waals surface area contributed by atoms with Crippen LogP contribution in [0.4, 0.5) is 0 Å². The smallest absolute Gasteiger partial charge is 0.264 e. The van der Waals surface area contributed by atoms with Gasteiger partial charge in [-0.1, -0.05) is 91.0 Å². The number of amides is 1. The summed E-state index contributed by atoms with van der Waals surface area (Å²) in [5, 5.41) is 5.44. The number of carbonyl (C=O) groups is 1. The molecule has 4 nitrogen and oxygen atoms in total. The van der Waals surface area contributed by atoms with E-state index in [-0.39, 0.29) is 24.0 Å². The fourth-order valence-electron chi connectivity index (χ4n) is 4.57. The lowest BCUT2D eigenvalue weighted by molar-refractivity contribution is -0.131. The van der Waals surface area contributed by atoms with Gasteiger partial charge in [0.1, 0.15) is 6.17 Å². The predicted octanol–water partition coefficient (Wildman–Crippen LogP) is 3.78. The van der Waals surface area contributed by atoms with Gasteiger partial charge < -0.3 is 5.32 Å². The molecule has 3 unspecified atom stereocenters. The van der Waals surface area contributed by atoms with Crippen LogP contribution in [0, 0.1) is 0 Å². The monoisotopic (exact) mass is 395 g/mol. The Bertz CT molecular complexity index is 1030. The third-order valence-electron chi connectivity index (χ3n) is 5.95. The molecule has 2 heterocycles. The molecule has 1 fully saturated rings. The summed E-state index contributed by atoms with van der Waals surface area (Å²) in [6, 6.07) is 31.4. The van der Waals surface area contributed by atoms with Crippen molar-refractivity contribution in [1.29, 1.82) is 0 Å². The highest BCUT2D eigenvalue weighted by atomic mass is 16.2. The van der Waals surface area contributed by atoms with Crippen molar-refractivity contribution in [2.24, 2.45) is 0 Å². The summed E-state index contributed by atoms with van der Waals surface area (Å²) in [5.41, 5.74) is 8.16. The zero-order chi connectivity index (χ0) is 20.3. The SMILES string of the molecule is O=C1C=C(Cc2ccccc2)NC2C(c3ccccc3)C(Cc3ccccc3)NN12. The Balaban J connectivity index is 1.44. The van der Waals surface area contributed by atoms with Crippen LogP contribution in [0.2, 0.25) is 0 Å². The van der Waals surface area contributed by atoms with Crippen molar-refractivity contribution >= 4 is 5.91 Å². The van der Waals surface area contributed by atoms with E-state index in [4.69, 9.17) is 0 Å². The molecule has 1 saturated heterocycles. The van der Waals surface area contributed by atoms with E-state index in [0.29, 0.717) is 0 Å². The highest BCUT2D eigenvalue weighted by molar-refractivity contribution is 5.89. The van der Waals surface area contributed by atoms with Crippen molar-refractivity contribution in [2.45, 2.75) is 31.0 Å². The zero-order valence-electron chi connectivity index (χ0n) is 16.7. The Labute approximate surface area is 177 Å². The van der Waals surface area contributed by atoms with Gasteiger partial charge in [0.05, 0.1) is 0 Å². The molecule has 0 aromatic heterocycles. The zero-order valence-corrected chi connectivity index (χ0v) is 16.7. The van der Waals surface area contributed by atoms with Gasteiger partial charge in [-0.2, -0.15) is 0 Å². The molecule has 3 aromatic rings. The van der Waals surface area contributed by atoms with Gasteiger partial charge in [0.15, 0.2) is 0 Å². The molecular formula is C26H25N3O. The molecule has 0 spiro atoms. The lowest BCUT2D eigenvalue weighted by Gasteiger charge is -2.33. The summed E-state index contributed by atoms with van der Waals surface area (Å²) < 4.78 is 0. The van der Waals surface area contributed by atoms with E-state index in [0.717, 1.165) is 18.5 Å². The third-order valence-corrected chi connectivity index (χ3v) is 5.95. The van der Waals surface area contributed by atoms with Crippen LogP contribution in [-0.4, -0.2) is 23.1 Å². The molecule has 4 heteroatoms. The molecule has 2 aliphatic heterocycles. The van der Waals surface area contributed by atoms with Gasteiger partial charge in [0.2, 0.25) is 0 Å². The summed E-state index contributed by atoms with van der Waals surface area (Å²) in [7, 11) is 0. The van der Waals surface area contributed by atoms with Gasteiger partial charge in [0, 0.05) is 30.2 Å². The van der Waals surface area contributed by atoms with Crippen LogP contribution in [-0.2, 0) is 17.6 Å². The second-order valence-corrected chi connectivity index (χ2v) is 7.99. The third kappa shape index (κ3) is 3.74. The maximum atomic E-state index is 13.0. The van der Waals surface area contributed by atoms with E-state index in [1.807, 2.05) is 30.3 Å². The second-order valence-electron chi connectivity index (χ2n) is 7.99. The molecule has 0 aliphatic carbocycles. The lowest BCUT2D eigenvalue weighted by Crippen LogP contribution is -2.53. The van der Waals surface area contributed by atoms with E-state index in [1.165, 1.54) is 16.7 Å². The first kappa shape index (κ1) is 18.6. The van der Waals surface area contributed by atoms with Gasteiger partial charge in [0.25, 0.3) is 5.91 Å². The topological polar surface area (TPSA) is 44.4 Å². The van der Waals surface area contributed by atoms with Crippen LogP contribution in [0.3, 0.4) is 0 Å². The first-order valence-electron chi connectivity index (χ1n) is 10.5. The van der Waals surface area contributed by atoms with E-state index >= 15 is 0 Å². The van der Waals surface area contributed by atoms with E-state index in [1.54, 1.807) is 11.1 Å². The van der Waals surface area contributed by atoms with Crippen molar-refractivity contribution in [3.63, 3.8) is 0 Å². The number of nitrogens with one attached hydrogen (secondary N) is 2. The largest absolute Gasteiger partial charge is 0.366 e. The minimum Gasteiger partial charge on any atom is -0.366 e. The van der Waals surface area contributed by atoms with Crippen molar-refractivity contribution in [1.82, 2.24) is 15.8 Å². The van der Waals surface area contributed by atoms with Crippen LogP contribution >= 0.6 is 0 Å². The van der Waals surface area contributed by atoms with E-state index < -0.39 is 0 Å². The number of benzene rings is 3. The minimum absolute atomic E-state index is 0.0150. The van der Waals surface area contributed by atoms with Gasteiger partial charge in [-0.05, 0) is 23.1 Å². The Kier molecular flexibility index (Phi) is 5.08. The number of hydrogen-bond acceptors (Lipinski definition) is 3. The molecule has 3 atom stereocenters. The van der Waals surface area contributed by atoms with Crippen LogP contribution in [0.5, 0.6) is 0 Å². The van der Waals surface area contributed by atoms with Crippen LogP contribution in [0.15, 0.2) is 103 Å². The molecule has 30 heavy (non-hydrogen) atoms. The van der Waals surface area contributed by atoms with Gasteiger partial charge >= 0.3 is 0 Å². The molecule has 0 radical (unpaired) electrons. The fraction of sp³-hybridized carbons (Fsp3) is 0.192. The summed E-state index contributed by atoms with van der Waals surface area (Å²) in [5.74, 6) is 0.163. The fourth-order valence-corrected chi connectivity index (χ4v) is 4.57. The molecule has 1 amide bonds. The van der Waals surface area contributed by atoms with Gasteiger partial charge in [-0.3, -0.25) is 9.80 Å². The molecule has 150 valence electrons. The quantitative estimate of drug-likeness (QED) is 0.691. The highest BCUT2D eigenvalue weighted by Gasteiger charge is 2.46. The molecular weight excluding hydrogens is 370 g/mol. The highest BCUT2D eigenvalue weighted by Crippen LogP contribution is 2.35. The number of allylic oxidation sites excluding steroid dienone is 1. The average Bonchev–Trinajstić information content (AvgIpc) is 3.14. The molecule has 3 aromatic carbocycles. The first-order chi connectivity index (χ1) is 14.8. The Hall–Kier alpha value is -3.37. The van der Waals surface area contributed by atoms with Crippen molar-refractivity contribution in [2.75, 3.05) is 0 Å². The number of fused-ring (bicyclic) bond motifs is 1. The van der Waals surface area contributed by atoms with Crippen LogP contribution in [0.25, 0.3) is 0 Å². The maximum absolute atomic E-state index is 13.0. The molecule has 5 rings (SSSR count). The minimum atomic E-state index is -0.114. The Morgan fingerprint density at radius 2 is 1.37 bits per heavy atom. The summed E-state index contributed by atoms with van der Waals surface area (Å²) >= 11 is 0. The van der Waals surface area contributed by atoms with Crippen molar-refractivity contribution < 1.29 is 4.79 Å². The summed E-state index contributed by atoms with van der Waals surface area (Å²) in [4.78, 5) is 13.0. The van der Waals surface area contributed by atoms with Crippen LogP contribution < -0.4 is 10.7 Å². The summed E-state index contributed by atoms with van der Waals surface area (Å²) in [6.45, 7) is 0. The van der Waals surface area contributed by atoms with Crippen molar-refractivity contribution in [3.8, 4) is 0 Å². The number of hydrazine groups is 1. The molecule has 0 bridgehead atoms. The molecule has 2 aliphatic rings. The predicted molar refractivity (Wildman–Crippen MR) is 118 cm³/mol. The molecule has 2 N–H and O–H groups in total. The Morgan fingerprint density at radius 3 is 2.03 bits per heavy atom. The number of rotatable bonds is 5. The molecule has 0 saturated carbocycles. The second kappa shape index (κ2) is 8.17.